The van der Waals surface area contributed by atoms with Gasteiger partial charge in [-0.2, -0.15) is 13.2 Å². The Morgan fingerprint density at radius 3 is 2.68 bits per heavy atom. The van der Waals surface area contributed by atoms with E-state index >= 15 is 0 Å². The molecule has 0 fully saturated rings. The minimum Gasteiger partial charge on any atom is -0.477 e. The monoisotopic (exact) mass is 449 g/mol. The molecule has 1 unspecified atom stereocenters. The van der Waals surface area contributed by atoms with Gasteiger partial charge in [-0.3, -0.25) is 0 Å². The number of benzene rings is 1. The second-order valence-corrected chi connectivity index (χ2v) is 7.84. The Morgan fingerprint density at radius 1 is 1.23 bits per heavy atom. The number of nitrogens with zero attached hydrogens (tertiary/aromatic N) is 3. The summed E-state index contributed by atoms with van der Waals surface area (Å²) >= 11 is 1.07. The zero-order chi connectivity index (χ0) is 22.2. The van der Waals surface area contributed by atoms with Crippen molar-refractivity contribution in [3.63, 3.8) is 0 Å². The molecule has 1 atom stereocenters. The molecule has 2 aromatic heterocycles. The van der Waals surface area contributed by atoms with Gasteiger partial charge in [-0.05, 0) is 25.1 Å². The highest BCUT2D eigenvalue weighted by Crippen LogP contribution is 2.48. The largest absolute Gasteiger partial charge is 0.477 e. The van der Waals surface area contributed by atoms with Crippen LogP contribution in [0.4, 0.5) is 13.2 Å². The van der Waals surface area contributed by atoms with E-state index < -0.39 is 29.7 Å². The van der Waals surface area contributed by atoms with Crippen molar-refractivity contribution < 1.29 is 27.8 Å². The minimum atomic E-state index is -4.53. The van der Waals surface area contributed by atoms with Gasteiger partial charge in [0.15, 0.2) is 4.91 Å². The lowest BCUT2D eigenvalue weighted by atomic mass is 10.1. The Kier molecular flexibility index (Phi) is 5.57. The van der Waals surface area contributed by atoms with Gasteiger partial charge >= 0.3 is 12.1 Å². The molecule has 1 aromatic carbocycles. The van der Waals surface area contributed by atoms with Crippen molar-refractivity contribution in [1.82, 2.24) is 14.3 Å². The molecule has 0 saturated carbocycles. The standard InChI is InChI=1S/C21H18F3N3O3S/c1-2-26-18(30-12-13-7-3-4-8-14(13)21(22,23)24)17(20(28)29)31-19(26)15-11-25-16-9-5-6-10-27(15)16/h3-11,19H,2,12H2,1H3,(H,28,29). The maximum atomic E-state index is 13.3. The summed E-state index contributed by atoms with van der Waals surface area (Å²) in [5.41, 5.74) is 0.584. The van der Waals surface area contributed by atoms with E-state index in [0.29, 0.717) is 12.2 Å². The number of fused-ring (bicyclic) bond motifs is 1. The Labute approximate surface area is 179 Å². The van der Waals surface area contributed by atoms with Crippen molar-refractivity contribution in [2.24, 2.45) is 0 Å². The fraction of sp³-hybridized carbons (Fsp3) is 0.238. The topological polar surface area (TPSA) is 67.1 Å². The van der Waals surface area contributed by atoms with Gasteiger partial charge in [0.25, 0.3) is 0 Å². The predicted molar refractivity (Wildman–Crippen MR) is 109 cm³/mol. The molecule has 3 aromatic rings. The number of carbonyl (C=O) groups is 1. The van der Waals surface area contributed by atoms with E-state index in [-0.39, 0.29) is 16.4 Å². The van der Waals surface area contributed by atoms with E-state index in [4.69, 9.17) is 4.74 Å². The summed E-state index contributed by atoms with van der Waals surface area (Å²) in [5.74, 6) is -1.15. The third-order valence-corrected chi connectivity index (χ3v) is 6.19. The number of thioether (sulfide) groups is 1. The summed E-state index contributed by atoms with van der Waals surface area (Å²) < 4.78 is 47.5. The van der Waals surface area contributed by atoms with E-state index in [1.807, 2.05) is 35.7 Å². The summed E-state index contributed by atoms with van der Waals surface area (Å²) in [7, 11) is 0. The van der Waals surface area contributed by atoms with Crippen molar-refractivity contribution in [2.45, 2.75) is 25.1 Å². The number of halogens is 3. The molecule has 0 aliphatic carbocycles. The fourth-order valence-electron chi connectivity index (χ4n) is 3.49. The van der Waals surface area contributed by atoms with Crippen LogP contribution in [0.2, 0.25) is 0 Å². The maximum Gasteiger partial charge on any atom is 0.416 e. The van der Waals surface area contributed by atoms with Gasteiger partial charge in [-0.15, -0.1) is 0 Å². The Balaban J connectivity index is 1.66. The molecule has 6 nitrogen and oxygen atoms in total. The number of ether oxygens (including phenoxy) is 1. The smallest absolute Gasteiger partial charge is 0.416 e. The molecule has 0 amide bonds. The summed E-state index contributed by atoms with van der Waals surface area (Å²) in [5, 5.41) is 9.28. The van der Waals surface area contributed by atoms with Crippen LogP contribution < -0.4 is 0 Å². The Morgan fingerprint density at radius 2 is 1.97 bits per heavy atom. The quantitative estimate of drug-likeness (QED) is 0.578. The van der Waals surface area contributed by atoms with E-state index in [1.54, 1.807) is 11.1 Å². The molecule has 1 aliphatic rings. The predicted octanol–water partition coefficient (Wildman–Crippen LogP) is 4.89. The van der Waals surface area contributed by atoms with Gasteiger partial charge in [0, 0.05) is 18.3 Å². The van der Waals surface area contributed by atoms with Crippen molar-refractivity contribution in [3.8, 4) is 0 Å². The molecule has 0 radical (unpaired) electrons. The summed E-state index contributed by atoms with van der Waals surface area (Å²) in [6.45, 7) is 1.82. The number of rotatable bonds is 6. The van der Waals surface area contributed by atoms with Crippen LogP contribution in [0.15, 0.2) is 65.6 Å². The van der Waals surface area contributed by atoms with Crippen LogP contribution in [0, 0.1) is 0 Å². The SMILES string of the molecule is CCN1C(OCc2ccccc2C(F)(F)F)=C(C(=O)O)SC1c1cnc2ccccn12. The van der Waals surface area contributed by atoms with E-state index in [9.17, 15) is 23.1 Å². The fourth-order valence-corrected chi connectivity index (χ4v) is 4.75. The number of imidazole rings is 1. The van der Waals surface area contributed by atoms with E-state index in [2.05, 4.69) is 4.98 Å². The van der Waals surface area contributed by atoms with Gasteiger partial charge in [0.2, 0.25) is 5.88 Å². The third kappa shape index (κ3) is 3.95. The van der Waals surface area contributed by atoms with Crippen LogP contribution in [-0.4, -0.2) is 31.9 Å². The zero-order valence-corrected chi connectivity index (χ0v) is 17.2. The molecule has 1 aliphatic heterocycles. The molecule has 0 bridgehead atoms. The normalized spacial score (nSPS) is 16.9. The van der Waals surface area contributed by atoms with Gasteiger partial charge in [-0.1, -0.05) is 36.0 Å². The Hall–Kier alpha value is -3.14. The second-order valence-electron chi connectivity index (χ2n) is 6.75. The van der Waals surface area contributed by atoms with E-state index in [1.165, 1.54) is 18.2 Å². The highest BCUT2D eigenvalue weighted by molar-refractivity contribution is 8.04. The minimum absolute atomic E-state index is 0.0489. The van der Waals surface area contributed by atoms with Crippen LogP contribution >= 0.6 is 11.8 Å². The summed E-state index contributed by atoms with van der Waals surface area (Å²) in [6, 6.07) is 10.6. The number of hydrogen-bond donors (Lipinski definition) is 1. The van der Waals surface area contributed by atoms with Crippen LogP contribution in [0.3, 0.4) is 0 Å². The first kappa shape index (κ1) is 21.1. The summed E-state index contributed by atoms with van der Waals surface area (Å²) in [6.07, 6.45) is -1.04. The molecular weight excluding hydrogens is 431 g/mol. The van der Waals surface area contributed by atoms with Crippen LogP contribution in [-0.2, 0) is 22.3 Å². The first-order valence-electron chi connectivity index (χ1n) is 9.42. The number of carboxylic acid groups (broad SMARTS) is 1. The number of alkyl halides is 3. The van der Waals surface area contributed by atoms with Gasteiger partial charge < -0.3 is 19.1 Å². The van der Waals surface area contributed by atoms with Crippen molar-refractivity contribution in [3.05, 3.63) is 82.5 Å². The molecule has 3 heterocycles. The Bertz CT molecular complexity index is 1160. The molecule has 10 heteroatoms. The van der Waals surface area contributed by atoms with Crippen molar-refractivity contribution in [2.75, 3.05) is 6.54 Å². The first-order valence-corrected chi connectivity index (χ1v) is 10.3. The van der Waals surface area contributed by atoms with Crippen LogP contribution in [0.5, 0.6) is 0 Å². The number of pyridine rings is 1. The average molecular weight is 449 g/mol. The first-order chi connectivity index (χ1) is 14.8. The highest BCUT2D eigenvalue weighted by atomic mass is 32.2. The van der Waals surface area contributed by atoms with Crippen molar-refractivity contribution >= 4 is 23.4 Å². The average Bonchev–Trinajstić information content (AvgIpc) is 3.32. The number of hydrogen-bond acceptors (Lipinski definition) is 5. The second kappa shape index (κ2) is 8.18. The molecule has 1 N–H and O–H groups in total. The number of carboxylic acids is 1. The lowest BCUT2D eigenvalue weighted by Crippen LogP contribution is -2.25. The number of aliphatic carboxylic acids is 1. The molecule has 162 valence electrons. The van der Waals surface area contributed by atoms with Crippen LogP contribution in [0.25, 0.3) is 5.65 Å². The zero-order valence-electron chi connectivity index (χ0n) is 16.3. The highest BCUT2D eigenvalue weighted by Gasteiger charge is 2.40. The van der Waals surface area contributed by atoms with E-state index in [0.717, 1.165) is 23.5 Å². The lowest BCUT2D eigenvalue weighted by molar-refractivity contribution is -0.139. The van der Waals surface area contributed by atoms with Gasteiger partial charge in [0.05, 0.1) is 17.5 Å². The number of aromatic nitrogens is 2. The van der Waals surface area contributed by atoms with Gasteiger partial charge in [0.1, 0.15) is 17.6 Å². The van der Waals surface area contributed by atoms with Gasteiger partial charge in [-0.25, -0.2) is 9.78 Å². The third-order valence-electron chi connectivity index (χ3n) is 4.89. The molecule has 0 saturated heterocycles. The van der Waals surface area contributed by atoms with Crippen LogP contribution in [0.1, 0.15) is 29.1 Å². The molecule has 4 rings (SSSR count). The molecular formula is C21H18F3N3O3S. The maximum absolute atomic E-state index is 13.3. The lowest BCUT2D eigenvalue weighted by Gasteiger charge is -2.27. The summed E-state index contributed by atoms with van der Waals surface area (Å²) in [4.78, 5) is 17.9. The molecule has 31 heavy (non-hydrogen) atoms. The van der Waals surface area contributed by atoms with Crippen molar-refractivity contribution in [1.29, 1.82) is 0 Å². The molecule has 0 spiro atoms.